The number of hydrogen-bond acceptors (Lipinski definition) is 2. The molecule has 44 heavy (non-hydrogen) atoms. The molecule has 0 N–H and O–H groups in total. The van der Waals surface area contributed by atoms with Crippen LogP contribution in [0.15, 0.2) is 176 Å². The van der Waals surface area contributed by atoms with Gasteiger partial charge in [-0.1, -0.05) is 152 Å². The zero-order valence-electron chi connectivity index (χ0n) is 24.1. The maximum absolute atomic E-state index is 6.74. The first-order valence-corrected chi connectivity index (χ1v) is 15.0. The van der Waals surface area contributed by atoms with Gasteiger partial charge in [0, 0.05) is 22.3 Å². The van der Waals surface area contributed by atoms with Crippen LogP contribution in [0.1, 0.15) is 22.3 Å². The molecule has 8 rings (SSSR count). The van der Waals surface area contributed by atoms with Crippen molar-refractivity contribution in [1.29, 1.82) is 0 Å². The third-order valence-corrected chi connectivity index (χ3v) is 8.61. The SMILES string of the molecule is c1ccc(-c2cc(-c3ccccc3)nc(-c3ccc4c(c3)Oc3ccccc3C4(c3ccccc3)c3ccccc3)c2)cc1. The first-order chi connectivity index (χ1) is 21.8. The van der Waals surface area contributed by atoms with E-state index in [9.17, 15) is 0 Å². The van der Waals surface area contributed by atoms with E-state index in [1.165, 1.54) is 11.1 Å². The zero-order valence-corrected chi connectivity index (χ0v) is 24.1. The molecule has 0 fully saturated rings. The van der Waals surface area contributed by atoms with Gasteiger partial charge in [-0.25, -0.2) is 4.98 Å². The Balaban J connectivity index is 1.36. The van der Waals surface area contributed by atoms with Gasteiger partial charge in [-0.3, -0.25) is 0 Å². The van der Waals surface area contributed by atoms with E-state index in [0.29, 0.717) is 0 Å². The monoisotopic (exact) mass is 563 g/mol. The molecule has 6 aromatic carbocycles. The second kappa shape index (κ2) is 10.8. The van der Waals surface area contributed by atoms with Gasteiger partial charge in [0.15, 0.2) is 0 Å². The predicted molar refractivity (Wildman–Crippen MR) is 179 cm³/mol. The molecular weight excluding hydrogens is 534 g/mol. The number of benzene rings is 6. The van der Waals surface area contributed by atoms with Gasteiger partial charge in [-0.05, 0) is 46.5 Å². The van der Waals surface area contributed by atoms with Crippen molar-refractivity contribution < 1.29 is 4.74 Å². The number of nitrogens with zero attached hydrogens (tertiary/aromatic N) is 1. The Kier molecular flexibility index (Phi) is 6.39. The molecule has 2 heteroatoms. The topological polar surface area (TPSA) is 22.1 Å². The van der Waals surface area contributed by atoms with Gasteiger partial charge in [0.05, 0.1) is 16.8 Å². The number of pyridine rings is 1. The van der Waals surface area contributed by atoms with Crippen LogP contribution in [0.25, 0.3) is 33.6 Å². The van der Waals surface area contributed by atoms with Gasteiger partial charge in [0.25, 0.3) is 0 Å². The van der Waals surface area contributed by atoms with E-state index in [0.717, 1.165) is 56.3 Å². The van der Waals surface area contributed by atoms with Crippen LogP contribution in [0.3, 0.4) is 0 Å². The number of ether oxygens (including phenoxy) is 1. The van der Waals surface area contributed by atoms with Crippen LogP contribution < -0.4 is 4.74 Å². The van der Waals surface area contributed by atoms with Crippen LogP contribution in [0.2, 0.25) is 0 Å². The highest BCUT2D eigenvalue weighted by Crippen LogP contribution is 2.55. The molecule has 1 aliphatic rings. The normalized spacial score (nSPS) is 12.9. The molecule has 1 aromatic heterocycles. The molecular formula is C42H29NO. The minimum Gasteiger partial charge on any atom is -0.457 e. The highest BCUT2D eigenvalue weighted by atomic mass is 16.5. The Hall–Kier alpha value is -5.73. The Morgan fingerprint density at radius 2 is 0.864 bits per heavy atom. The van der Waals surface area contributed by atoms with E-state index in [4.69, 9.17) is 9.72 Å². The summed E-state index contributed by atoms with van der Waals surface area (Å²) in [6, 6.07) is 61.8. The summed E-state index contributed by atoms with van der Waals surface area (Å²) in [5.41, 5.74) is 10.3. The van der Waals surface area contributed by atoms with Crippen molar-refractivity contribution in [3.63, 3.8) is 0 Å². The summed E-state index contributed by atoms with van der Waals surface area (Å²) in [6.07, 6.45) is 0. The molecule has 0 amide bonds. The van der Waals surface area contributed by atoms with Crippen molar-refractivity contribution in [2.75, 3.05) is 0 Å². The molecule has 0 spiro atoms. The standard InChI is InChI=1S/C42H29NO/c1-5-15-30(16-6-1)33-27-38(31-17-7-2-8-18-31)43-39(28-33)32-25-26-37-41(29-32)44-40-24-14-13-23-36(40)42(37,34-19-9-3-10-20-34)35-21-11-4-12-22-35/h1-29H. The van der Waals surface area contributed by atoms with Crippen molar-refractivity contribution in [2.24, 2.45) is 0 Å². The van der Waals surface area contributed by atoms with Gasteiger partial charge in [0.2, 0.25) is 0 Å². The summed E-state index contributed by atoms with van der Waals surface area (Å²) in [5, 5.41) is 0. The van der Waals surface area contributed by atoms with Crippen LogP contribution >= 0.6 is 0 Å². The second-order valence-electron chi connectivity index (χ2n) is 11.1. The zero-order chi connectivity index (χ0) is 29.3. The highest BCUT2D eigenvalue weighted by Gasteiger charge is 2.45. The fourth-order valence-corrected chi connectivity index (χ4v) is 6.60. The van der Waals surface area contributed by atoms with Crippen LogP contribution in [0, 0.1) is 0 Å². The quantitative estimate of drug-likeness (QED) is 0.208. The summed E-state index contributed by atoms with van der Waals surface area (Å²) in [7, 11) is 0. The lowest BCUT2D eigenvalue weighted by molar-refractivity contribution is 0.434. The van der Waals surface area contributed by atoms with Gasteiger partial charge in [0.1, 0.15) is 11.5 Å². The molecule has 0 bridgehead atoms. The molecule has 0 saturated heterocycles. The lowest BCUT2D eigenvalue weighted by atomic mass is 9.63. The number of rotatable bonds is 5. The maximum Gasteiger partial charge on any atom is 0.132 e. The van der Waals surface area contributed by atoms with Gasteiger partial charge in [-0.15, -0.1) is 0 Å². The lowest BCUT2D eigenvalue weighted by Crippen LogP contribution is -2.34. The van der Waals surface area contributed by atoms with Gasteiger partial charge >= 0.3 is 0 Å². The fourth-order valence-electron chi connectivity index (χ4n) is 6.60. The van der Waals surface area contributed by atoms with E-state index in [2.05, 4.69) is 158 Å². The molecule has 0 radical (unpaired) electrons. The fraction of sp³-hybridized carbons (Fsp3) is 0.0238. The molecule has 0 saturated carbocycles. The molecule has 7 aromatic rings. The number of fused-ring (bicyclic) bond motifs is 2. The van der Waals surface area contributed by atoms with Gasteiger partial charge < -0.3 is 4.74 Å². The Bertz CT molecular complexity index is 1970. The van der Waals surface area contributed by atoms with Crippen LogP contribution in [-0.2, 0) is 5.41 Å². The number of aromatic nitrogens is 1. The molecule has 0 aliphatic carbocycles. The van der Waals surface area contributed by atoms with Crippen LogP contribution in [0.4, 0.5) is 0 Å². The number of hydrogen-bond donors (Lipinski definition) is 0. The van der Waals surface area contributed by atoms with E-state index >= 15 is 0 Å². The molecule has 1 aliphatic heterocycles. The summed E-state index contributed by atoms with van der Waals surface area (Å²) in [4.78, 5) is 5.19. The first kappa shape index (κ1) is 25.9. The third kappa shape index (κ3) is 4.31. The molecule has 0 unspecified atom stereocenters. The van der Waals surface area contributed by atoms with Crippen LogP contribution in [-0.4, -0.2) is 4.98 Å². The van der Waals surface area contributed by atoms with Crippen molar-refractivity contribution >= 4 is 0 Å². The molecule has 208 valence electrons. The van der Waals surface area contributed by atoms with Crippen LogP contribution in [0.5, 0.6) is 11.5 Å². The maximum atomic E-state index is 6.74. The van der Waals surface area contributed by atoms with E-state index in [-0.39, 0.29) is 0 Å². The van der Waals surface area contributed by atoms with E-state index in [1.807, 2.05) is 18.2 Å². The van der Waals surface area contributed by atoms with E-state index in [1.54, 1.807) is 0 Å². The summed E-state index contributed by atoms with van der Waals surface area (Å²) >= 11 is 0. The Labute approximate surface area is 257 Å². The second-order valence-corrected chi connectivity index (χ2v) is 11.1. The van der Waals surface area contributed by atoms with Gasteiger partial charge in [-0.2, -0.15) is 0 Å². The van der Waals surface area contributed by atoms with E-state index < -0.39 is 5.41 Å². The predicted octanol–water partition coefficient (Wildman–Crippen LogP) is 10.6. The lowest BCUT2D eigenvalue weighted by Gasteiger charge is -2.41. The van der Waals surface area contributed by atoms with Crippen molar-refractivity contribution in [2.45, 2.75) is 5.41 Å². The molecule has 0 atom stereocenters. The minimum atomic E-state index is -0.542. The minimum absolute atomic E-state index is 0.542. The largest absolute Gasteiger partial charge is 0.457 e. The smallest absolute Gasteiger partial charge is 0.132 e. The average molecular weight is 564 g/mol. The third-order valence-electron chi connectivity index (χ3n) is 8.61. The molecule has 2 heterocycles. The van der Waals surface area contributed by atoms with Crippen molar-refractivity contribution in [3.8, 4) is 45.1 Å². The number of para-hydroxylation sites is 1. The van der Waals surface area contributed by atoms with Crippen molar-refractivity contribution in [3.05, 3.63) is 198 Å². The highest BCUT2D eigenvalue weighted by molar-refractivity contribution is 5.78. The summed E-state index contributed by atoms with van der Waals surface area (Å²) in [5.74, 6) is 1.70. The average Bonchev–Trinajstić information content (AvgIpc) is 3.11. The molecule has 2 nitrogen and oxygen atoms in total. The summed E-state index contributed by atoms with van der Waals surface area (Å²) in [6.45, 7) is 0. The Morgan fingerprint density at radius 3 is 1.50 bits per heavy atom. The van der Waals surface area contributed by atoms with Crippen molar-refractivity contribution in [1.82, 2.24) is 4.98 Å². The summed E-state index contributed by atoms with van der Waals surface area (Å²) < 4.78 is 6.74. The first-order valence-electron chi connectivity index (χ1n) is 15.0. The Morgan fingerprint density at radius 1 is 0.364 bits per heavy atom.